The van der Waals surface area contributed by atoms with E-state index < -0.39 is 5.91 Å². The van der Waals surface area contributed by atoms with Crippen molar-refractivity contribution in [2.75, 3.05) is 5.32 Å². The van der Waals surface area contributed by atoms with Crippen LogP contribution in [0.1, 0.15) is 12.8 Å². The van der Waals surface area contributed by atoms with Gasteiger partial charge in [-0.15, -0.1) is 0 Å². The standard InChI is InChI=1S/C10H11ClN2O2/c11-7-3-1-2-4-8(7)13-10(15)6-5-9(12)14/h1-4H,5-6H2,(H2,12,14)(H,13,15). The number of hydrogen-bond donors (Lipinski definition) is 2. The third-order valence-electron chi connectivity index (χ3n) is 1.75. The van der Waals surface area contributed by atoms with Crippen molar-refractivity contribution in [3.8, 4) is 0 Å². The Morgan fingerprint density at radius 1 is 1.27 bits per heavy atom. The molecule has 0 radical (unpaired) electrons. The number of nitrogens with one attached hydrogen (secondary N) is 1. The fraction of sp³-hybridized carbons (Fsp3) is 0.200. The summed E-state index contributed by atoms with van der Waals surface area (Å²) < 4.78 is 0. The number of benzene rings is 1. The average Bonchev–Trinajstić information content (AvgIpc) is 2.18. The molecule has 1 rings (SSSR count). The lowest BCUT2D eigenvalue weighted by Gasteiger charge is -2.05. The predicted molar refractivity (Wildman–Crippen MR) is 58.5 cm³/mol. The van der Waals surface area contributed by atoms with Crippen molar-refractivity contribution in [2.45, 2.75) is 12.8 Å². The van der Waals surface area contributed by atoms with E-state index in [0.29, 0.717) is 10.7 Å². The topological polar surface area (TPSA) is 72.2 Å². The Hall–Kier alpha value is -1.55. The lowest BCUT2D eigenvalue weighted by atomic mass is 10.2. The first-order valence-electron chi connectivity index (χ1n) is 4.42. The van der Waals surface area contributed by atoms with Crippen LogP contribution in [-0.2, 0) is 9.59 Å². The second-order valence-corrected chi connectivity index (χ2v) is 3.40. The van der Waals surface area contributed by atoms with Crippen LogP contribution in [0.4, 0.5) is 5.69 Å². The zero-order chi connectivity index (χ0) is 11.3. The molecule has 0 aromatic heterocycles. The van der Waals surface area contributed by atoms with Gasteiger partial charge in [-0.1, -0.05) is 23.7 Å². The van der Waals surface area contributed by atoms with Crippen LogP contribution in [0, 0.1) is 0 Å². The van der Waals surface area contributed by atoms with Crippen molar-refractivity contribution in [2.24, 2.45) is 5.73 Å². The van der Waals surface area contributed by atoms with Crippen LogP contribution in [0.2, 0.25) is 5.02 Å². The van der Waals surface area contributed by atoms with E-state index in [9.17, 15) is 9.59 Å². The van der Waals surface area contributed by atoms with Crippen LogP contribution in [0.25, 0.3) is 0 Å². The largest absolute Gasteiger partial charge is 0.370 e. The molecule has 0 saturated heterocycles. The second kappa shape index (κ2) is 5.36. The van der Waals surface area contributed by atoms with Crippen LogP contribution in [0.3, 0.4) is 0 Å². The molecule has 0 spiro atoms. The van der Waals surface area contributed by atoms with E-state index in [1.54, 1.807) is 24.3 Å². The molecule has 0 bridgehead atoms. The maximum Gasteiger partial charge on any atom is 0.224 e. The number of amides is 2. The molecular formula is C10H11ClN2O2. The zero-order valence-corrected chi connectivity index (χ0v) is 8.75. The van der Waals surface area contributed by atoms with Gasteiger partial charge in [0.1, 0.15) is 0 Å². The number of primary amides is 1. The fourth-order valence-corrected chi connectivity index (χ4v) is 1.19. The molecule has 0 heterocycles. The highest BCUT2D eigenvalue weighted by Gasteiger charge is 2.06. The lowest BCUT2D eigenvalue weighted by Crippen LogP contribution is -2.17. The highest BCUT2D eigenvalue weighted by atomic mass is 35.5. The van der Waals surface area contributed by atoms with Crippen molar-refractivity contribution in [3.05, 3.63) is 29.3 Å². The molecule has 0 aliphatic rings. The van der Waals surface area contributed by atoms with Crippen LogP contribution in [0.15, 0.2) is 24.3 Å². The average molecular weight is 227 g/mol. The molecule has 1 aromatic rings. The first-order chi connectivity index (χ1) is 7.09. The number of carbonyl (C=O) groups excluding carboxylic acids is 2. The van der Waals surface area contributed by atoms with E-state index in [1.165, 1.54) is 0 Å². The summed E-state index contributed by atoms with van der Waals surface area (Å²) in [5.74, 6) is -0.772. The molecular weight excluding hydrogens is 216 g/mol. The van der Waals surface area contributed by atoms with E-state index in [2.05, 4.69) is 5.32 Å². The highest BCUT2D eigenvalue weighted by Crippen LogP contribution is 2.20. The maximum absolute atomic E-state index is 11.3. The predicted octanol–water partition coefficient (Wildman–Crippen LogP) is 1.54. The van der Waals surface area contributed by atoms with Gasteiger partial charge in [-0.25, -0.2) is 0 Å². The molecule has 4 nitrogen and oxygen atoms in total. The van der Waals surface area contributed by atoms with Crippen LogP contribution >= 0.6 is 11.6 Å². The third kappa shape index (κ3) is 3.99. The fourth-order valence-electron chi connectivity index (χ4n) is 1.01. The van der Waals surface area contributed by atoms with Crippen LogP contribution < -0.4 is 11.1 Å². The van der Waals surface area contributed by atoms with E-state index in [4.69, 9.17) is 17.3 Å². The summed E-state index contributed by atoms with van der Waals surface area (Å²) in [6, 6.07) is 6.88. The molecule has 1 aromatic carbocycles. The summed E-state index contributed by atoms with van der Waals surface area (Å²) in [6.45, 7) is 0. The summed E-state index contributed by atoms with van der Waals surface area (Å²) in [6.07, 6.45) is 0.108. The maximum atomic E-state index is 11.3. The van der Waals surface area contributed by atoms with E-state index in [1.807, 2.05) is 0 Å². The van der Waals surface area contributed by atoms with E-state index >= 15 is 0 Å². The SMILES string of the molecule is NC(=O)CCC(=O)Nc1ccccc1Cl. The Kier molecular flexibility index (Phi) is 4.12. The van der Waals surface area contributed by atoms with Gasteiger partial charge in [-0.05, 0) is 12.1 Å². The summed E-state index contributed by atoms with van der Waals surface area (Å²) in [4.78, 5) is 21.7. The van der Waals surface area contributed by atoms with Crippen molar-refractivity contribution in [3.63, 3.8) is 0 Å². The normalized spacial score (nSPS) is 9.67. The quantitative estimate of drug-likeness (QED) is 0.818. The molecule has 5 heteroatoms. The van der Waals surface area contributed by atoms with Crippen molar-refractivity contribution in [1.29, 1.82) is 0 Å². The molecule has 0 saturated carbocycles. The zero-order valence-electron chi connectivity index (χ0n) is 8.00. The number of para-hydroxylation sites is 1. The van der Waals surface area contributed by atoms with Gasteiger partial charge in [-0.3, -0.25) is 9.59 Å². The Balaban J connectivity index is 2.52. The Bertz CT molecular complexity index is 379. The number of anilines is 1. The minimum atomic E-state index is -0.496. The monoisotopic (exact) mass is 226 g/mol. The number of nitrogens with two attached hydrogens (primary N) is 1. The lowest BCUT2D eigenvalue weighted by molar-refractivity contribution is -0.122. The van der Waals surface area contributed by atoms with Gasteiger partial charge in [0.2, 0.25) is 11.8 Å². The van der Waals surface area contributed by atoms with Crippen molar-refractivity contribution >= 4 is 29.1 Å². The molecule has 3 N–H and O–H groups in total. The summed E-state index contributed by atoms with van der Waals surface area (Å²) in [5, 5.41) is 3.05. The summed E-state index contributed by atoms with van der Waals surface area (Å²) in [7, 11) is 0. The van der Waals surface area contributed by atoms with Gasteiger partial charge in [0.25, 0.3) is 0 Å². The molecule has 15 heavy (non-hydrogen) atoms. The van der Waals surface area contributed by atoms with E-state index in [-0.39, 0.29) is 18.7 Å². The van der Waals surface area contributed by atoms with Crippen molar-refractivity contribution < 1.29 is 9.59 Å². The van der Waals surface area contributed by atoms with Gasteiger partial charge in [-0.2, -0.15) is 0 Å². The Morgan fingerprint density at radius 2 is 1.93 bits per heavy atom. The number of rotatable bonds is 4. The minimum Gasteiger partial charge on any atom is -0.370 e. The summed E-state index contributed by atoms with van der Waals surface area (Å²) >= 11 is 5.82. The summed E-state index contributed by atoms with van der Waals surface area (Å²) in [5.41, 5.74) is 5.45. The number of hydrogen-bond acceptors (Lipinski definition) is 2. The Labute approximate surface area is 92.4 Å². The molecule has 0 aliphatic carbocycles. The molecule has 0 aliphatic heterocycles. The second-order valence-electron chi connectivity index (χ2n) is 2.99. The third-order valence-corrected chi connectivity index (χ3v) is 2.08. The number of halogens is 1. The van der Waals surface area contributed by atoms with Gasteiger partial charge < -0.3 is 11.1 Å². The van der Waals surface area contributed by atoms with E-state index in [0.717, 1.165) is 0 Å². The number of carbonyl (C=O) groups is 2. The molecule has 0 unspecified atom stereocenters. The van der Waals surface area contributed by atoms with Gasteiger partial charge in [0.05, 0.1) is 10.7 Å². The smallest absolute Gasteiger partial charge is 0.224 e. The van der Waals surface area contributed by atoms with Crippen LogP contribution in [0.5, 0.6) is 0 Å². The molecule has 80 valence electrons. The van der Waals surface area contributed by atoms with Crippen molar-refractivity contribution in [1.82, 2.24) is 0 Å². The minimum absolute atomic E-state index is 0.0380. The van der Waals surface area contributed by atoms with Gasteiger partial charge >= 0.3 is 0 Å². The molecule has 0 fully saturated rings. The molecule has 0 atom stereocenters. The molecule has 2 amide bonds. The first kappa shape index (κ1) is 11.5. The highest BCUT2D eigenvalue weighted by molar-refractivity contribution is 6.33. The Morgan fingerprint density at radius 3 is 2.53 bits per heavy atom. The van der Waals surface area contributed by atoms with Gasteiger partial charge in [0.15, 0.2) is 0 Å². The van der Waals surface area contributed by atoms with Crippen LogP contribution in [-0.4, -0.2) is 11.8 Å². The van der Waals surface area contributed by atoms with Gasteiger partial charge in [0, 0.05) is 12.8 Å². The first-order valence-corrected chi connectivity index (χ1v) is 4.80.